The molecule has 2 amide bonds. The van der Waals surface area contributed by atoms with Crippen molar-refractivity contribution in [2.24, 2.45) is 5.73 Å². The van der Waals surface area contributed by atoms with E-state index in [1.54, 1.807) is 12.4 Å². The van der Waals surface area contributed by atoms with Crippen LogP contribution in [0.4, 0.5) is 5.69 Å². The molecule has 0 atom stereocenters. The molecule has 1 aromatic carbocycles. The maximum absolute atomic E-state index is 12.2. The Labute approximate surface area is 146 Å². The van der Waals surface area contributed by atoms with Crippen LogP contribution in [0, 0.1) is 6.92 Å². The summed E-state index contributed by atoms with van der Waals surface area (Å²) in [5.74, 6) is -0.566. The molecule has 0 fully saturated rings. The zero-order valence-electron chi connectivity index (χ0n) is 12.8. The van der Waals surface area contributed by atoms with Crippen LogP contribution in [-0.4, -0.2) is 35.3 Å². The van der Waals surface area contributed by atoms with E-state index >= 15 is 0 Å². The number of rotatable bonds is 5. The van der Waals surface area contributed by atoms with Gasteiger partial charge in [0.1, 0.15) is 10.7 Å². The predicted molar refractivity (Wildman–Crippen MR) is 94.5 cm³/mol. The third-order valence-corrected chi connectivity index (χ3v) is 4.50. The third-order valence-electron chi connectivity index (χ3n) is 3.14. The van der Waals surface area contributed by atoms with Crippen LogP contribution in [-0.2, 0) is 11.3 Å². The molecular weight excluding hydrogens is 380 g/mol. The Bertz CT molecular complexity index is 732. The van der Waals surface area contributed by atoms with E-state index in [0.29, 0.717) is 17.2 Å². The highest BCUT2D eigenvalue weighted by molar-refractivity contribution is 9.10. The zero-order valence-corrected chi connectivity index (χ0v) is 15.2. The first kappa shape index (κ1) is 17.6. The number of aromatic nitrogens is 1. The van der Waals surface area contributed by atoms with Crippen LogP contribution in [0.3, 0.4) is 0 Å². The molecule has 6 nitrogen and oxygen atoms in total. The highest BCUT2D eigenvalue weighted by Gasteiger charge is 2.18. The molecule has 0 aliphatic carbocycles. The second-order valence-corrected chi connectivity index (χ2v) is 6.86. The number of benzene rings is 1. The lowest BCUT2D eigenvalue weighted by atomic mass is 10.2. The maximum Gasteiger partial charge on any atom is 0.273 e. The second kappa shape index (κ2) is 7.67. The Morgan fingerprint density at radius 3 is 2.78 bits per heavy atom. The summed E-state index contributed by atoms with van der Waals surface area (Å²) < 4.78 is 0.944. The second-order valence-electron chi connectivity index (χ2n) is 5.00. The number of carbonyl (C=O) groups is 2. The highest BCUT2D eigenvalue weighted by atomic mass is 79.9. The van der Waals surface area contributed by atoms with Gasteiger partial charge in [0.25, 0.3) is 5.91 Å². The van der Waals surface area contributed by atoms with Crippen molar-refractivity contribution in [3.63, 3.8) is 0 Å². The molecule has 1 aromatic heterocycles. The quantitative estimate of drug-likeness (QED) is 0.811. The SMILES string of the molecule is Cc1cc(Br)ccc1NC(=O)CN(C)C(=O)c1csc(CN)n1. The number of nitrogens with two attached hydrogens (primary N) is 1. The molecule has 0 radical (unpaired) electrons. The molecule has 0 aliphatic rings. The number of anilines is 1. The van der Waals surface area contributed by atoms with Crippen molar-refractivity contribution in [1.29, 1.82) is 0 Å². The summed E-state index contributed by atoms with van der Waals surface area (Å²) in [6.45, 7) is 2.15. The lowest BCUT2D eigenvalue weighted by molar-refractivity contribution is -0.116. The molecule has 0 unspecified atom stereocenters. The largest absolute Gasteiger partial charge is 0.331 e. The summed E-state index contributed by atoms with van der Waals surface area (Å²) >= 11 is 4.71. The number of likely N-dealkylation sites (N-methyl/N-ethyl adjacent to an activating group) is 1. The molecule has 2 aromatic rings. The summed E-state index contributed by atoms with van der Waals surface area (Å²) in [6.07, 6.45) is 0. The van der Waals surface area contributed by atoms with Crippen LogP contribution in [0.2, 0.25) is 0 Å². The summed E-state index contributed by atoms with van der Waals surface area (Å²) in [4.78, 5) is 29.8. The van der Waals surface area contributed by atoms with E-state index in [1.165, 1.54) is 16.2 Å². The number of aryl methyl sites for hydroxylation is 1. The summed E-state index contributed by atoms with van der Waals surface area (Å²) in [5, 5.41) is 5.14. The Morgan fingerprint density at radius 1 is 1.43 bits per heavy atom. The first-order valence-electron chi connectivity index (χ1n) is 6.86. The lowest BCUT2D eigenvalue weighted by Crippen LogP contribution is -2.35. The van der Waals surface area contributed by atoms with Gasteiger partial charge in [0.15, 0.2) is 0 Å². The van der Waals surface area contributed by atoms with E-state index in [0.717, 1.165) is 15.7 Å². The molecule has 1 heterocycles. The molecule has 3 N–H and O–H groups in total. The number of thiazole rings is 1. The lowest BCUT2D eigenvalue weighted by Gasteiger charge is -2.16. The summed E-state index contributed by atoms with van der Waals surface area (Å²) in [5.41, 5.74) is 7.46. The van der Waals surface area contributed by atoms with Gasteiger partial charge in [-0.15, -0.1) is 11.3 Å². The number of nitrogens with one attached hydrogen (secondary N) is 1. The smallest absolute Gasteiger partial charge is 0.273 e. The van der Waals surface area contributed by atoms with Crippen LogP contribution >= 0.6 is 27.3 Å². The average Bonchev–Trinajstić information content (AvgIpc) is 2.98. The van der Waals surface area contributed by atoms with Crippen LogP contribution in [0.15, 0.2) is 28.1 Å². The predicted octanol–water partition coefficient (Wildman–Crippen LogP) is 2.38. The fourth-order valence-corrected chi connectivity index (χ4v) is 3.07. The molecular formula is C15H17BrN4O2S. The van der Waals surface area contributed by atoms with Gasteiger partial charge in [-0.25, -0.2) is 4.98 Å². The van der Waals surface area contributed by atoms with Crippen LogP contribution in [0.1, 0.15) is 21.1 Å². The standard InChI is InChI=1S/C15H17BrN4O2S/c1-9-5-10(16)3-4-11(9)18-13(21)7-20(2)15(22)12-8-23-14(6-17)19-12/h3-5,8H,6-7,17H2,1-2H3,(H,18,21). The number of halogens is 1. The highest BCUT2D eigenvalue weighted by Crippen LogP contribution is 2.20. The van der Waals surface area contributed by atoms with Gasteiger partial charge in [-0.1, -0.05) is 15.9 Å². The minimum absolute atomic E-state index is 0.0518. The van der Waals surface area contributed by atoms with Crippen LogP contribution in [0.25, 0.3) is 0 Å². The van der Waals surface area contributed by atoms with Gasteiger partial charge in [-0.2, -0.15) is 0 Å². The first-order chi connectivity index (χ1) is 10.9. The number of hydrogen-bond donors (Lipinski definition) is 2. The summed E-state index contributed by atoms with van der Waals surface area (Å²) in [7, 11) is 1.57. The first-order valence-corrected chi connectivity index (χ1v) is 8.54. The van der Waals surface area contributed by atoms with Crippen molar-refractivity contribution in [2.75, 3.05) is 18.9 Å². The topological polar surface area (TPSA) is 88.3 Å². The molecule has 23 heavy (non-hydrogen) atoms. The van der Waals surface area contributed by atoms with Gasteiger partial charge in [0.2, 0.25) is 5.91 Å². The van der Waals surface area contributed by atoms with E-state index in [-0.39, 0.29) is 18.4 Å². The molecule has 0 aliphatic heterocycles. The van der Waals surface area contributed by atoms with Crippen molar-refractivity contribution in [1.82, 2.24) is 9.88 Å². The summed E-state index contributed by atoms with van der Waals surface area (Å²) in [6, 6.07) is 5.57. The van der Waals surface area contributed by atoms with E-state index in [2.05, 4.69) is 26.2 Å². The maximum atomic E-state index is 12.2. The zero-order chi connectivity index (χ0) is 17.0. The monoisotopic (exact) mass is 396 g/mol. The molecule has 8 heteroatoms. The van der Waals surface area contributed by atoms with Crippen LogP contribution in [0.5, 0.6) is 0 Å². The van der Waals surface area contributed by atoms with Gasteiger partial charge in [-0.05, 0) is 30.7 Å². The molecule has 122 valence electrons. The van der Waals surface area contributed by atoms with Gasteiger partial charge < -0.3 is 16.0 Å². The third kappa shape index (κ3) is 4.60. The van der Waals surface area contributed by atoms with Crippen LogP contribution < -0.4 is 11.1 Å². The number of hydrogen-bond acceptors (Lipinski definition) is 5. The van der Waals surface area contributed by atoms with E-state index in [1.807, 2.05) is 25.1 Å². The fourth-order valence-electron chi connectivity index (χ4n) is 1.94. The molecule has 0 spiro atoms. The normalized spacial score (nSPS) is 10.4. The fraction of sp³-hybridized carbons (Fsp3) is 0.267. The Balaban J connectivity index is 1.97. The molecule has 0 saturated carbocycles. The van der Waals surface area contributed by atoms with Crippen molar-refractivity contribution >= 4 is 44.8 Å². The van der Waals surface area contributed by atoms with Crippen molar-refractivity contribution < 1.29 is 9.59 Å². The average molecular weight is 397 g/mol. The van der Waals surface area contributed by atoms with Crippen molar-refractivity contribution in [3.05, 3.63) is 44.3 Å². The molecule has 0 saturated heterocycles. The number of amides is 2. The molecule has 0 bridgehead atoms. The molecule has 2 rings (SSSR count). The van der Waals surface area contributed by atoms with Gasteiger partial charge in [0.05, 0.1) is 6.54 Å². The van der Waals surface area contributed by atoms with Crippen molar-refractivity contribution in [3.8, 4) is 0 Å². The van der Waals surface area contributed by atoms with Gasteiger partial charge in [-0.3, -0.25) is 9.59 Å². The van der Waals surface area contributed by atoms with E-state index in [4.69, 9.17) is 5.73 Å². The Hall–Kier alpha value is -1.77. The number of carbonyl (C=O) groups excluding carboxylic acids is 2. The van der Waals surface area contributed by atoms with E-state index in [9.17, 15) is 9.59 Å². The van der Waals surface area contributed by atoms with E-state index < -0.39 is 0 Å². The minimum atomic E-state index is -0.302. The van der Waals surface area contributed by atoms with Gasteiger partial charge >= 0.3 is 0 Å². The van der Waals surface area contributed by atoms with Gasteiger partial charge in [0, 0.05) is 29.1 Å². The minimum Gasteiger partial charge on any atom is -0.331 e. The number of nitrogens with zero attached hydrogens (tertiary/aromatic N) is 2. The Morgan fingerprint density at radius 2 is 2.17 bits per heavy atom. The Kier molecular flexibility index (Phi) is 5.86. The van der Waals surface area contributed by atoms with Crippen molar-refractivity contribution in [2.45, 2.75) is 13.5 Å².